The van der Waals surface area contributed by atoms with Crippen LogP contribution in [0.5, 0.6) is 0 Å². The van der Waals surface area contributed by atoms with Crippen LogP contribution in [0.3, 0.4) is 0 Å². The highest BCUT2D eigenvalue weighted by molar-refractivity contribution is 5.66. The Bertz CT molecular complexity index is 671. The van der Waals surface area contributed by atoms with E-state index in [4.69, 9.17) is 0 Å². The van der Waals surface area contributed by atoms with E-state index in [1.807, 2.05) is 12.1 Å². The Morgan fingerprint density at radius 2 is 1.42 bits per heavy atom. The third kappa shape index (κ3) is 4.11. The van der Waals surface area contributed by atoms with E-state index in [-0.39, 0.29) is 0 Å². The Morgan fingerprint density at radius 3 is 1.92 bits per heavy atom. The Morgan fingerprint density at radius 1 is 0.875 bits per heavy atom. The molecule has 3 rings (SSSR count). The van der Waals surface area contributed by atoms with Gasteiger partial charge in [0.15, 0.2) is 0 Å². The smallest absolute Gasteiger partial charge is 0.173 e. The van der Waals surface area contributed by atoms with Gasteiger partial charge >= 0.3 is 0 Å². The summed E-state index contributed by atoms with van der Waals surface area (Å²) in [5.74, 6) is 1.61. The van der Waals surface area contributed by atoms with Crippen molar-refractivity contribution in [3.05, 3.63) is 65.7 Å². The molecule has 0 saturated heterocycles. The van der Waals surface area contributed by atoms with Crippen LogP contribution in [0.15, 0.2) is 54.6 Å². The van der Waals surface area contributed by atoms with Crippen molar-refractivity contribution in [1.29, 1.82) is 0 Å². The number of hydrogen-bond acceptors (Lipinski definition) is 0. The molecule has 2 aromatic carbocycles. The van der Waals surface area contributed by atoms with Gasteiger partial charge in [-0.25, -0.2) is 0 Å². The van der Waals surface area contributed by atoms with Crippen LogP contribution in [0.4, 0.5) is 8.78 Å². The highest BCUT2D eigenvalue weighted by Gasteiger charge is 2.21. The molecular weight excluding hydrogens is 302 g/mol. The van der Waals surface area contributed by atoms with Crippen molar-refractivity contribution in [3.63, 3.8) is 0 Å². The van der Waals surface area contributed by atoms with Crippen molar-refractivity contribution in [2.45, 2.75) is 44.9 Å². The second-order valence-corrected chi connectivity index (χ2v) is 6.80. The number of benzene rings is 2. The zero-order valence-corrected chi connectivity index (χ0v) is 14.1. The van der Waals surface area contributed by atoms with Gasteiger partial charge in [-0.15, -0.1) is 0 Å². The standard InChI is InChI=1S/C22H24F2/c1-2-16-3-7-18(8-4-16)20-11-13-21(14-12-20)19-9-5-17(6-10-19)15-22(23)24/h5-6,9-16,18H,2-4,7-8H2,1H3. The van der Waals surface area contributed by atoms with Crippen LogP contribution in [0, 0.1) is 5.92 Å². The van der Waals surface area contributed by atoms with Crippen LogP contribution in [-0.2, 0) is 0 Å². The highest BCUT2D eigenvalue weighted by atomic mass is 19.3. The maximum atomic E-state index is 12.3. The summed E-state index contributed by atoms with van der Waals surface area (Å²) in [6.45, 7) is 2.29. The Labute approximate surface area is 143 Å². The van der Waals surface area contributed by atoms with Crippen LogP contribution in [0.2, 0.25) is 0 Å². The molecule has 0 N–H and O–H groups in total. The van der Waals surface area contributed by atoms with Crippen LogP contribution in [0.1, 0.15) is 56.1 Å². The van der Waals surface area contributed by atoms with E-state index < -0.39 is 6.08 Å². The minimum atomic E-state index is -1.66. The molecule has 0 atom stereocenters. The molecule has 1 aliphatic rings. The third-order valence-corrected chi connectivity index (χ3v) is 5.33. The van der Waals surface area contributed by atoms with Crippen LogP contribution >= 0.6 is 0 Å². The SMILES string of the molecule is CCC1CCC(c2ccc(-c3ccc(C=C(F)F)cc3)cc2)CC1. The molecule has 0 radical (unpaired) electrons. The first-order chi connectivity index (χ1) is 11.7. The maximum absolute atomic E-state index is 12.3. The normalized spacial score (nSPS) is 20.6. The molecule has 1 saturated carbocycles. The van der Waals surface area contributed by atoms with Gasteiger partial charge in [0.25, 0.3) is 6.08 Å². The van der Waals surface area contributed by atoms with Crippen molar-refractivity contribution in [1.82, 2.24) is 0 Å². The number of halogens is 2. The molecule has 2 heteroatoms. The van der Waals surface area contributed by atoms with Gasteiger partial charge in [0.2, 0.25) is 0 Å². The highest BCUT2D eigenvalue weighted by Crippen LogP contribution is 2.37. The average Bonchev–Trinajstić information content (AvgIpc) is 2.62. The summed E-state index contributed by atoms with van der Waals surface area (Å²) in [5.41, 5.74) is 4.17. The lowest BCUT2D eigenvalue weighted by molar-refractivity contribution is 0.319. The predicted octanol–water partition coefficient (Wildman–Crippen LogP) is 7.27. The molecule has 0 aliphatic heterocycles. The second-order valence-electron chi connectivity index (χ2n) is 6.80. The lowest BCUT2D eigenvalue weighted by Gasteiger charge is -2.28. The zero-order chi connectivity index (χ0) is 16.9. The van der Waals surface area contributed by atoms with Crippen molar-refractivity contribution in [2.75, 3.05) is 0 Å². The van der Waals surface area contributed by atoms with E-state index in [9.17, 15) is 8.78 Å². The van der Waals surface area contributed by atoms with Gasteiger partial charge in [-0.3, -0.25) is 0 Å². The topological polar surface area (TPSA) is 0 Å². The number of hydrogen-bond donors (Lipinski definition) is 0. The molecule has 0 amide bonds. The minimum Gasteiger partial charge on any atom is -0.173 e. The quantitative estimate of drug-likeness (QED) is 0.554. The van der Waals surface area contributed by atoms with Gasteiger partial charge < -0.3 is 0 Å². The van der Waals surface area contributed by atoms with Gasteiger partial charge in [-0.05, 0) is 59.8 Å². The van der Waals surface area contributed by atoms with E-state index >= 15 is 0 Å². The summed E-state index contributed by atoms with van der Waals surface area (Å²) in [7, 11) is 0. The molecule has 24 heavy (non-hydrogen) atoms. The molecule has 0 aromatic heterocycles. The molecular formula is C22H24F2. The first-order valence-corrected chi connectivity index (χ1v) is 8.89. The van der Waals surface area contributed by atoms with Crippen molar-refractivity contribution in [3.8, 4) is 11.1 Å². The molecule has 1 aliphatic carbocycles. The van der Waals surface area contributed by atoms with Crippen molar-refractivity contribution in [2.24, 2.45) is 5.92 Å². The van der Waals surface area contributed by atoms with E-state index in [0.29, 0.717) is 11.5 Å². The fraction of sp³-hybridized carbons (Fsp3) is 0.364. The summed E-state index contributed by atoms with van der Waals surface area (Å²) in [6, 6.07) is 16.0. The third-order valence-electron chi connectivity index (χ3n) is 5.33. The van der Waals surface area contributed by atoms with Crippen LogP contribution in [0.25, 0.3) is 17.2 Å². The molecule has 126 valence electrons. The number of rotatable bonds is 4. The van der Waals surface area contributed by atoms with Crippen molar-refractivity contribution >= 4 is 6.08 Å². The van der Waals surface area contributed by atoms with Crippen molar-refractivity contribution < 1.29 is 8.78 Å². The van der Waals surface area contributed by atoms with E-state index in [0.717, 1.165) is 23.1 Å². The zero-order valence-electron chi connectivity index (χ0n) is 14.1. The van der Waals surface area contributed by atoms with E-state index in [1.54, 1.807) is 12.1 Å². The molecule has 0 nitrogen and oxygen atoms in total. The summed E-state index contributed by atoms with van der Waals surface area (Å²) in [5, 5.41) is 0. The van der Waals surface area contributed by atoms with Gasteiger partial charge in [-0.1, -0.05) is 61.9 Å². The Kier molecular flexibility index (Phi) is 5.44. The fourth-order valence-corrected chi connectivity index (χ4v) is 3.75. The summed E-state index contributed by atoms with van der Waals surface area (Å²) in [4.78, 5) is 0. The predicted molar refractivity (Wildman–Crippen MR) is 97.1 cm³/mol. The van der Waals surface area contributed by atoms with Crippen LogP contribution < -0.4 is 0 Å². The lowest BCUT2D eigenvalue weighted by Crippen LogP contribution is -2.12. The lowest BCUT2D eigenvalue weighted by atomic mass is 9.77. The first kappa shape index (κ1) is 16.9. The monoisotopic (exact) mass is 326 g/mol. The maximum Gasteiger partial charge on any atom is 0.270 e. The molecule has 2 aromatic rings. The molecule has 0 heterocycles. The summed E-state index contributed by atoms with van der Waals surface area (Å²) >= 11 is 0. The van der Waals surface area contributed by atoms with Gasteiger partial charge in [0.1, 0.15) is 0 Å². The average molecular weight is 326 g/mol. The van der Waals surface area contributed by atoms with Gasteiger partial charge in [-0.2, -0.15) is 8.78 Å². The largest absolute Gasteiger partial charge is 0.270 e. The molecule has 0 bridgehead atoms. The Balaban J connectivity index is 1.69. The fourth-order valence-electron chi connectivity index (χ4n) is 3.75. The van der Waals surface area contributed by atoms with E-state index in [1.165, 1.54) is 37.7 Å². The molecule has 0 spiro atoms. The second kappa shape index (κ2) is 7.74. The molecule has 1 fully saturated rings. The Hall–Kier alpha value is -1.96. The van der Waals surface area contributed by atoms with Crippen LogP contribution in [-0.4, -0.2) is 0 Å². The minimum absolute atomic E-state index is 0.531. The summed E-state index contributed by atoms with van der Waals surface area (Å²) < 4.78 is 24.5. The first-order valence-electron chi connectivity index (χ1n) is 8.89. The summed E-state index contributed by atoms with van der Waals surface area (Å²) in [6.07, 6.45) is 5.83. The van der Waals surface area contributed by atoms with Gasteiger partial charge in [0, 0.05) is 6.08 Å². The molecule has 0 unspecified atom stereocenters. The van der Waals surface area contributed by atoms with E-state index in [2.05, 4.69) is 31.2 Å². The van der Waals surface area contributed by atoms with Gasteiger partial charge in [0.05, 0.1) is 0 Å².